The number of fused-ring (bicyclic) bond motifs is 1. The van der Waals surface area contributed by atoms with Crippen molar-refractivity contribution in [3.05, 3.63) is 42.6 Å². The topological polar surface area (TPSA) is 165 Å². The molecular weight excluding hydrogens is 516 g/mol. The Morgan fingerprint density at radius 2 is 2.03 bits per heavy atom. The average molecular weight is 542 g/mol. The molecule has 1 aliphatic rings. The minimum Gasteiger partial charge on any atom is -0.424 e. The van der Waals surface area contributed by atoms with Gasteiger partial charge in [0.25, 0.3) is 5.13 Å². The number of hydrogen-bond donors (Lipinski definition) is 3. The number of carbonyl (C=O) groups is 1. The summed E-state index contributed by atoms with van der Waals surface area (Å²) in [6.07, 6.45) is -3.59. The van der Waals surface area contributed by atoms with E-state index in [1.54, 1.807) is 37.3 Å². The fourth-order valence-corrected chi connectivity index (χ4v) is 6.05. The second-order valence-corrected chi connectivity index (χ2v) is 11.2. The predicted molar refractivity (Wildman–Crippen MR) is 131 cm³/mol. The second-order valence-electron chi connectivity index (χ2n) is 8.58. The van der Waals surface area contributed by atoms with Crippen LogP contribution in [0, 0.1) is 5.92 Å². The van der Waals surface area contributed by atoms with Crippen molar-refractivity contribution in [2.24, 2.45) is 5.92 Å². The Balaban J connectivity index is 1.57. The van der Waals surface area contributed by atoms with Gasteiger partial charge in [0, 0.05) is 12.1 Å². The van der Waals surface area contributed by atoms with Gasteiger partial charge in [0.1, 0.15) is 35.2 Å². The van der Waals surface area contributed by atoms with Gasteiger partial charge in [0.2, 0.25) is 5.95 Å². The van der Waals surface area contributed by atoms with Crippen LogP contribution in [0.5, 0.6) is 5.75 Å². The van der Waals surface area contributed by atoms with Crippen molar-refractivity contribution >= 4 is 47.8 Å². The van der Waals surface area contributed by atoms with E-state index in [1.807, 2.05) is 0 Å². The van der Waals surface area contributed by atoms with E-state index in [0.29, 0.717) is 5.39 Å². The van der Waals surface area contributed by atoms with Crippen molar-refractivity contribution in [1.29, 1.82) is 0 Å². The molecule has 0 amide bonds. The number of halogens is 2. The summed E-state index contributed by atoms with van der Waals surface area (Å²) in [5, 5.41) is 8.20. The molecule has 0 radical (unpaired) electrons. The van der Waals surface area contributed by atoms with Crippen molar-refractivity contribution in [3.8, 4) is 5.75 Å². The number of para-hydroxylation sites is 1. The Labute approximate surface area is 211 Å². The number of anilines is 2. The molecule has 0 saturated carbocycles. The summed E-state index contributed by atoms with van der Waals surface area (Å²) in [5.74, 6) is -0.662. The van der Waals surface area contributed by atoms with Gasteiger partial charge in [0.15, 0.2) is 6.23 Å². The third kappa shape index (κ3) is 5.18. The number of alkyl halides is 2. The van der Waals surface area contributed by atoms with E-state index in [4.69, 9.17) is 36.9 Å². The third-order valence-electron chi connectivity index (χ3n) is 5.87. The van der Waals surface area contributed by atoms with Gasteiger partial charge in [0.05, 0.1) is 18.2 Å². The fraction of sp³-hybridized carbons (Fsp3) is 0.409. The molecule has 11 nitrogen and oxygen atoms in total. The highest BCUT2D eigenvalue weighted by molar-refractivity contribution is 7.54. The molecule has 194 valence electrons. The summed E-state index contributed by atoms with van der Waals surface area (Å²) in [4.78, 5) is 19.7. The largest absolute Gasteiger partial charge is 0.424 e. The molecule has 3 aromatic rings. The standard InChI is InChI=1S/C22H26ClFN5O6P/c1-12(13(2)30)11-36(32,35-14-6-4-3-5-7-14)33-10-16-17(31)22(23,24)20(34-16)29-9-8-15-18(25)27-21(26)28-19(15)29/h3-9,12,16-17,20,31H,10-11H2,1-2H3,(H4,25,26,27,28)/t12-,16-,17?,20-,22-,36?/m1/s1. The van der Waals surface area contributed by atoms with Crippen LogP contribution in [0.4, 0.5) is 16.2 Å². The maximum atomic E-state index is 15.6. The van der Waals surface area contributed by atoms with E-state index in [0.717, 1.165) is 0 Å². The molecule has 4 rings (SSSR count). The van der Waals surface area contributed by atoms with E-state index < -0.39 is 43.7 Å². The van der Waals surface area contributed by atoms with Crippen LogP contribution in [-0.2, 0) is 18.6 Å². The van der Waals surface area contributed by atoms with Crippen LogP contribution in [0.25, 0.3) is 11.0 Å². The first kappa shape index (κ1) is 26.3. The zero-order valence-electron chi connectivity index (χ0n) is 19.5. The highest BCUT2D eigenvalue weighted by Gasteiger charge is 2.58. The minimum absolute atomic E-state index is 0.0762. The zero-order valence-corrected chi connectivity index (χ0v) is 21.1. The van der Waals surface area contributed by atoms with Crippen molar-refractivity contribution in [2.75, 3.05) is 24.2 Å². The first-order valence-corrected chi connectivity index (χ1v) is 13.1. The quantitative estimate of drug-likeness (QED) is 0.270. The number of ether oxygens (including phenoxy) is 1. The lowest BCUT2D eigenvalue weighted by molar-refractivity contribution is -0.119. The zero-order chi connectivity index (χ0) is 26.3. The van der Waals surface area contributed by atoms with Crippen molar-refractivity contribution in [3.63, 3.8) is 0 Å². The van der Waals surface area contributed by atoms with E-state index in [-0.39, 0.29) is 35.1 Å². The molecule has 36 heavy (non-hydrogen) atoms. The Morgan fingerprint density at radius 1 is 1.33 bits per heavy atom. The number of aliphatic hydroxyl groups excluding tert-OH is 1. The lowest BCUT2D eigenvalue weighted by Gasteiger charge is -2.24. The predicted octanol–water partition coefficient (Wildman–Crippen LogP) is 3.27. The van der Waals surface area contributed by atoms with Crippen LogP contribution in [0.15, 0.2) is 42.6 Å². The molecule has 1 aliphatic heterocycles. The highest BCUT2D eigenvalue weighted by atomic mass is 35.5. The summed E-state index contributed by atoms with van der Waals surface area (Å²) < 4.78 is 47.3. The molecule has 1 saturated heterocycles. The van der Waals surface area contributed by atoms with Crippen molar-refractivity contribution < 1.29 is 32.6 Å². The summed E-state index contributed by atoms with van der Waals surface area (Å²) in [7, 11) is -3.94. The van der Waals surface area contributed by atoms with Crippen LogP contribution in [-0.4, -0.2) is 55.5 Å². The van der Waals surface area contributed by atoms with E-state index >= 15 is 4.39 Å². The molecule has 6 atom stereocenters. The Hall–Kier alpha value is -2.76. The number of rotatable bonds is 9. The summed E-state index contributed by atoms with van der Waals surface area (Å²) in [6.45, 7) is 2.41. The van der Waals surface area contributed by atoms with Crippen LogP contribution in [0.3, 0.4) is 0 Å². The van der Waals surface area contributed by atoms with Gasteiger partial charge in [-0.05, 0) is 25.1 Å². The summed E-state index contributed by atoms with van der Waals surface area (Å²) in [5.41, 5.74) is 11.7. The lowest BCUT2D eigenvalue weighted by atomic mass is 10.1. The molecule has 1 fully saturated rings. The number of aliphatic hydroxyl groups is 1. The third-order valence-corrected chi connectivity index (χ3v) is 8.30. The summed E-state index contributed by atoms with van der Waals surface area (Å²) in [6, 6.07) is 9.79. The minimum atomic E-state index is -3.94. The molecule has 5 N–H and O–H groups in total. The normalized spacial score (nSPS) is 26.5. The van der Waals surface area contributed by atoms with Crippen LogP contribution in [0.2, 0.25) is 0 Å². The van der Waals surface area contributed by atoms with Gasteiger partial charge in [-0.2, -0.15) is 9.97 Å². The van der Waals surface area contributed by atoms with Gasteiger partial charge in [-0.1, -0.05) is 36.7 Å². The Bertz CT molecular complexity index is 1310. The maximum Gasteiger partial charge on any atom is 0.379 e. The Kier molecular flexibility index (Phi) is 7.27. The second kappa shape index (κ2) is 9.95. The number of nitrogens with zero attached hydrogens (tertiary/aromatic N) is 3. The monoisotopic (exact) mass is 541 g/mol. The van der Waals surface area contributed by atoms with Crippen LogP contribution >= 0.6 is 19.2 Å². The van der Waals surface area contributed by atoms with Crippen LogP contribution < -0.4 is 16.0 Å². The molecule has 14 heteroatoms. The highest BCUT2D eigenvalue weighted by Crippen LogP contribution is 2.52. The van der Waals surface area contributed by atoms with E-state index in [9.17, 15) is 14.5 Å². The number of carbonyl (C=O) groups excluding carboxylic acids is 1. The number of hydrogen-bond acceptors (Lipinski definition) is 10. The van der Waals surface area contributed by atoms with Gasteiger partial charge >= 0.3 is 7.60 Å². The van der Waals surface area contributed by atoms with Crippen LogP contribution in [0.1, 0.15) is 20.1 Å². The molecular formula is C22H26ClFN5O6P. The molecule has 2 aromatic heterocycles. The first-order valence-electron chi connectivity index (χ1n) is 11.0. The number of nitrogen functional groups attached to an aromatic ring is 2. The molecule has 0 aliphatic carbocycles. The van der Waals surface area contributed by atoms with E-state index in [1.165, 1.54) is 23.8 Å². The number of benzene rings is 1. The summed E-state index contributed by atoms with van der Waals surface area (Å²) >= 11 is 6.09. The average Bonchev–Trinajstić information content (AvgIpc) is 3.31. The molecule has 0 bridgehead atoms. The molecule has 0 spiro atoms. The SMILES string of the molecule is CC(=O)[C@H](C)CP(=O)(OC[C@H]1O[C@@H](n2ccc3c(N)nc(N)nc32)[C@@](F)(Cl)C1O)Oc1ccccc1. The smallest absolute Gasteiger partial charge is 0.379 e. The lowest BCUT2D eigenvalue weighted by Crippen LogP contribution is -2.38. The fourth-order valence-electron chi connectivity index (χ4n) is 3.78. The number of nitrogens with two attached hydrogens (primary N) is 2. The van der Waals surface area contributed by atoms with Gasteiger partial charge < -0.3 is 30.4 Å². The van der Waals surface area contributed by atoms with Gasteiger partial charge in [-0.15, -0.1) is 0 Å². The first-order chi connectivity index (χ1) is 16.9. The van der Waals surface area contributed by atoms with E-state index in [2.05, 4.69) is 9.97 Å². The van der Waals surface area contributed by atoms with Gasteiger partial charge in [-0.25, -0.2) is 8.96 Å². The maximum absolute atomic E-state index is 15.6. The number of Topliss-reactive ketones (excluding diaryl/α,β-unsaturated/α-hetero) is 1. The van der Waals surface area contributed by atoms with Crippen molar-refractivity contribution in [2.45, 2.75) is 37.4 Å². The number of aromatic nitrogens is 3. The molecule has 2 unspecified atom stereocenters. The molecule has 1 aromatic carbocycles. The molecule has 3 heterocycles. The van der Waals surface area contributed by atoms with Gasteiger partial charge in [-0.3, -0.25) is 9.32 Å². The Morgan fingerprint density at radius 3 is 2.69 bits per heavy atom. The van der Waals surface area contributed by atoms with Crippen molar-refractivity contribution in [1.82, 2.24) is 14.5 Å². The number of ketones is 1.